The molecule has 0 aliphatic rings. The van der Waals surface area contributed by atoms with Crippen LogP contribution in [0.4, 0.5) is 0 Å². The zero-order chi connectivity index (χ0) is 6.78. The molecule has 0 aliphatic carbocycles. The molecule has 0 aromatic carbocycles. The summed E-state index contributed by atoms with van der Waals surface area (Å²) in [6.45, 7) is 4.84. The molecule has 0 amide bonds. The second-order valence-corrected chi connectivity index (χ2v) is 3.18. The summed E-state index contributed by atoms with van der Waals surface area (Å²) in [7, 11) is -3.95. The molecule has 9 heavy (non-hydrogen) atoms. The van der Waals surface area contributed by atoms with Crippen LogP contribution in [-0.4, -0.2) is 9.79 Å². The molecule has 0 spiro atoms. The topological polar surface area (TPSA) is 57.5 Å². The summed E-state index contributed by atoms with van der Waals surface area (Å²) in [5.41, 5.74) is 0. The molecule has 0 fully saturated rings. The van der Waals surface area contributed by atoms with Gasteiger partial charge in [0.1, 0.15) is 0 Å². The van der Waals surface area contributed by atoms with E-state index in [-0.39, 0.29) is 36.3 Å². The van der Waals surface area contributed by atoms with E-state index < -0.39 is 7.60 Å². The van der Waals surface area contributed by atoms with Gasteiger partial charge in [-0.05, 0) is 6.42 Å². The van der Waals surface area contributed by atoms with Crippen molar-refractivity contribution in [3.63, 3.8) is 0 Å². The smallest absolute Gasteiger partial charge is 1.00 e. The quantitative estimate of drug-likeness (QED) is 0.370. The van der Waals surface area contributed by atoms with Crippen molar-refractivity contribution in [3.8, 4) is 0 Å². The molecule has 0 heterocycles. The Morgan fingerprint density at radius 1 is 1.78 bits per heavy atom. The van der Waals surface area contributed by atoms with E-state index >= 15 is 0 Å². The fraction of sp³-hybridized carbons (Fsp3) is 0.500. The number of rotatable bonds is 2. The van der Waals surface area contributed by atoms with E-state index in [1.807, 2.05) is 0 Å². The Balaban J connectivity index is -0.000000245. The van der Waals surface area contributed by atoms with Gasteiger partial charge in [-0.2, -0.15) is 0 Å². The number of allylic oxidation sites excluding steroid dienone is 1. The Morgan fingerprint density at radius 3 is 2.11 bits per heavy atom. The predicted octanol–water partition coefficient (Wildman–Crippen LogP) is -1.80. The molecule has 0 saturated heterocycles. The molecular weight excluding hydrogens is 150 g/mol. The van der Waals surface area contributed by atoms with Gasteiger partial charge in [-0.1, -0.05) is 13.5 Å². The Bertz CT molecular complexity index is 143. The summed E-state index contributed by atoms with van der Waals surface area (Å²) in [6, 6.07) is 0. The maximum atomic E-state index is 10.2. The number of hydrogen-bond acceptors (Lipinski definition) is 1. The third kappa shape index (κ3) is 5.34. The first-order valence-corrected chi connectivity index (χ1v) is 3.83. The summed E-state index contributed by atoms with van der Waals surface area (Å²) in [6.07, 6.45) is 0.338. The molecule has 0 atom stereocenters. The van der Waals surface area contributed by atoms with Crippen molar-refractivity contribution in [1.29, 1.82) is 0 Å². The van der Waals surface area contributed by atoms with Gasteiger partial charge in [0.15, 0.2) is 0 Å². The van der Waals surface area contributed by atoms with Crippen LogP contribution in [0.3, 0.4) is 0 Å². The summed E-state index contributed by atoms with van der Waals surface area (Å²) < 4.78 is 10.2. The van der Waals surface area contributed by atoms with Crippen molar-refractivity contribution in [1.82, 2.24) is 0 Å². The molecule has 50 valence electrons. The van der Waals surface area contributed by atoms with Crippen LogP contribution in [0, 0.1) is 0 Å². The first kappa shape index (κ1) is 12.6. The third-order valence-electron chi connectivity index (χ3n) is 0.820. The van der Waals surface area contributed by atoms with Gasteiger partial charge in [0.05, 0.1) is 0 Å². The second-order valence-electron chi connectivity index (χ2n) is 1.46. The van der Waals surface area contributed by atoms with E-state index in [0.29, 0.717) is 6.42 Å². The largest absolute Gasteiger partial charge is 1.00 e. The van der Waals surface area contributed by atoms with Crippen LogP contribution in [-0.2, 0) is 4.57 Å². The van der Waals surface area contributed by atoms with E-state index in [0.717, 1.165) is 0 Å². The molecule has 0 aromatic rings. The first-order valence-electron chi connectivity index (χ1n) is 2.22. The van der Waals surface area contributed by atoms with Gasteiger partial charge in [-0.25, -0.2) is 0 Å². The van der Waals surface area contributed by atoms with E-state index in [1.165, 1.54) is 0 Å². The van der Waals surface area contributed by atoms with Crippen LogP contribution in [0.1, 0.15) is 14.8 Å². The minimum absolute atomic E-state index is 0. The molecular formula is C4H10NaO3P. The molecule has 0 unspecified atom stereocenters. The van der Waals surface area contributed by atoms with Crippen molar-refractivity contribution in [2.75, 3.05) is 0 Å². The van der Waals surface area contributed by atoms with Gasteiger partial charge >= 0.3 is 37.2 Å². The van der Waals surface area contributed by atoms with Gasteiger partial charge in [-0.15, -0.1) is 0 Å². The Morgan fingerprint density at radius 2 is 2.11 bits per heavy atom. The standard InChI is InChI=1S/C4H9O3P.Na.H/c1-3-4(2)8(5,6)7;;/h2-3H2,1H3,(H2,5,6,7);;/q;+1;-1. The molecule has 0 saturated carbocycles. The Kier molecular flexibility index (Phi) is 6.51. The summed E-state index contributed by atoms with van der Waals surface area (Å²) in [5.74, 6) is 0. The molecule has 0 aromatic heterocycles. The molecule has 5 heteroatoms. The zero-order valence-electron chi connectivity index (χ0n) is 6.66. The van der Waals surface area contributed by atoms with Crippen LogP contribution in [0.2, 0.25) is 0 Å². The normalized spacial score (nSPS) is 10.1. The fourth-order valence-corrected chi connectivity index (χ4v) is 0.618. The van der Waals surface area contributed by atoms with Crippen LogP contribution in [0.15, 0.2) is 11.9 Å². The van der Waals surface area contributed by atoms with Crippen LogP contribution >= 0.6 is 7.60 Å². The minimum Gasteiger partial charge on any atom is -1.00 e. The second kappa shape index (κ2) is 4.67. The van der Waals surface area contributed by atoms with Gasteiger partial charge in [0, 0.05) is 5.31 Å². The van der Waals surface area contributed by atoms with Gasteiger partial charge < -0.3 is 11.2 Å². The predicted molar refractivity (Wildman–Crippen MR) is 32.6 cm³/mol. The van der Waals surface area contributed by atoms with E-state index in [9.17, 15) is 4.57 Å². The third-order valence-corrected chi connectivity index (χ3v) is 1.96. The first-order chi connectivity index (χ1) is 3.48. The maximum Gasteiger partial charge on any atom is 1.00 e. The fourth-order valence-electron chi connectivity index (χ4n) is 0.206. The van der Waals surface area contributed by atoms with Gasteiger partial charge in [-0.3, -0.25) is 4.57 Å². The van der Waals surface area contributed by atoms with Crippen molar-refractivity contribution in [2.45, 2.75) is 13.3 Å². The molecule has 0 bridgehead atoms. The molecule has 0 radical (unpaired) electrons. The summed E-state index contributed by atoms with van der Waals surface area (Å²) in [5, 5.41) is -0.00231. The monoisotopic (exact) mass is 160 g/mol. The van der Waals surface area contributed by atoms with Crippen molar-refractivity contribution in [3.05, 3.63) is 11.9 Å². The number of hydrogen-bond donors (Lipinski definition) is 2. The molecule has 0 rings (SSSR count). The SMILES string of the molecule is C=C(CC)P(=O)(O)O.[H-].[Na+]. The van der Waals surface area contributed by atoms with E-state index in [2.05, 4.69) is 6.58 Å². The maximum absolute atomic E-state index is 10.2. The van der Waals surface area contributed by atoms with Crippen LogP contribution < -0.4 is 29.6 Å². The van der Waals surface area contributed by atoms with Crippen LogP contribution in [0.5, 0.6) is 0 Å². The molecule has 3 nitrogen and oxygen atoms in total. The molecule has 2 N–H and O–H groups in total. The Labute approximate surface area is 78.1 Å². The van der Waals surface area contributed by atoms with Gasteiger partial charge in [0.2, 0.25) is 0 Å². The van der Waals surface area contributed by atoms with Crippen molar-refractivity contribution in [2.24, 2.45) is 0 Å². The average molecular weight is 160 g/mol. The van der Waals surface area contributed by atoms with Crippen LogP contribution in [0.25, 0.3) is 0 Å². The Hall–Kier alpha value is 0.890. The van der Waals surface area contributed by atoms with E-state index in [4.69, 9.17) is 9.79 Å². The van der Waals surface area contributed by atoms with Crippen molar-refractivity contribution < 1.29 is 45.3 Å². The van der Waals surface area contributed by atoms with Crippen molar-refractivity contribution >= 4 is 7.60 Å². The average Bonchev–Trinajstić information content (AvgIpc) is 1.62. The minimum atomic E-state index is -3.95. The van der Waals surface area contributed by atoms with Gasteiger partial charge in [0.25, 0.3) is 0 Å². The molecule has 0 aliphatic heterocycles. The zero-order valence-corrected chi connectivity index (χ0v) is 8.56. The van der Waals surface area contributed by atoms with E-state index in [1.54, 1.807) is 6.92 Å². The summed E-state index contributed by atoms with van der Waals surface area (Å²) >= 11 is 0. The summed E-state index contributed by atoms with van der Waals surface area (Å²) in [4.78, 5) is 16.6.